The predicted octanol–water partition coefficient (Wildman–Crippen LogP) is 3.73. The van der Waals surface area contributed by atoms with E-state index in [0.29, 0.717) is 21.6 Å². The smallest absolute Gasteiger partial charge is 0.271 e. The number of nitro groups is 1. The summed E-state index contributed by atoms with van der Waals surface area (Å²) in [5.74, 6) is 0.599. The van der Waals surface area contributed by atoms with Gasteiger partial charge in [0.1, 0.15) is 18.0 Å². The van der Waals surface area contributed by atoms with Gasteiger partial charge in [0.25, 0.3) is 5.69 Å². The molecule has 0 saturated heterocycles. The van der Waals surface area contributed by atoms with E-state index in [1.54, 1.807) is 18.2 Å². The fourth-order valence-electron chi connectivity index (χ4n) is 2.66. The molecule has 0 aliphatic carbocycles. The maximum absolute atomic E-state index is 12.4. The molecule has 2 rings (SSSR count). The fraction of sp³-hybridized carbons (Fsp3) is 0.316. The number of anilines is 1. The Morgan fingerprint density at radius 3 is 2.47 bits per heavy atom. The minimum Gasteiger partial charge on any atom is -0.495 e. The highest BCUT2D eigenvalue weighted by Crippen LogP contribution is 2.33. The van der Waals surface area contributed by atoms with Crippen LogP contribution in [-0.4, -0.2) is 51.5 Å². The summed E-state index contributed by atoms with van der Waals surface area (Å²) < 4.78 is 30.5. The predicted molar refractivity (Wildman–Crippen MR) is 127 cm³/mol. The lowest BCUT2D eigenvalue weighted by Gasteiger charge is -2.23. The van der Waals surface area contributed by atoms with Gasteiger partial charge in [0.15, 0.2) is 0 Å². The summed E-state index contributed by atoms with van der Waals surface area (Å²) in [5.41, 5.74) is 0.375. The first-order valence-electron chi connectivity index (χ1n) is 9.12. The number of non-ortho nitro benzene ring substituents is 1. The molecule has 0 atom stereocenters. The molecule has 2 aromatic rings. The molecule has 0 fully saturated rings. The van der Waals surface area contributed by atoms with Crippen LogP contribution < -0.4 is 14.4 Å². The summed E-state index contributed by atoms with van der Waals surface area (Å²) in [6.45, 7) is -0.285. The van der Waals surface area contributed by atoms with Crippen molar-refractivity contribution in [3.63, 3.8) is 0 Å². The number of ether oxygens (including phenoxy) is 1. The Balaban J connectivity index is 2.01. The van der Waals surface area contributed by atoms with Crippen LogP contribution in [-0.2, 0) is 20.6 Å². The molecule has 0 heterocycles. The molecule has 1 N–H and O–H groups in total. The molecule has 2 aromatic carbocycles. The van der Waals surface area contributed by atoms with Gasteiger partial charge >= 0.3 is 0 Å². The van der Waals surface area contributed by atoms with Crippen LogP contribution >= 0.6 is 35.0 Å². The van der Waals surface area contributed by atoms with Gasteiger partial charge in [-0.05, 0) is 23.8 Å². The molecule has 32 heavy (non-hydrogen) atoms. The number of rotatable bonds is 11. The molecule has 174 valence electrons. The Kier molecular flexibility index (Phi) is 9.44. The lowest BCUT2D eigenvalue weighted by molar-refractivity contribution is -0.384. The van der Waals surface area contributed by atoms with E-state index in [0.717, 1.165) is 22.2 Å². The van der Waals surface area contributed by atoms with Crippen molar-refractivity contribution in [1.82, 2.24) is 5.32 Å². The van der Waals surface area contributed by atoms with Crippen molar-refractivity contribution in [2.75, 3.05) is 36.5 Å². The number of amides is 1. The molecule has 0 radical (unpaired) electrons. The number of methoxy groups -OCH3 is 1. The van der Waals surface area contributed by atoms with E-state index >= 15 is 0 Å². The Hall–Kier alpha value is -2.21. The zero-order valence-corrected chi connectivity index (χ0v) is 20.4. The molecule has 1 amide bonds. The SMILES string of the molecule is COc1ccc([N+](=O)[O-])cc1N(CC(=O)NCCSCc1c(Cl)cccc1Cl)S(C)(=O)=O. The molecular weight excluding hydrogens is 501 g/mol. The van der Waals surface area contributed by atoms with Gasteiger partial charge in [-0.1, -0.05) is 29.3 Å². The molecule has 0 aromatic heterocycles. The van der Waals surface area contributed by atoms with Crippen LogP contribution in [0.1, 0.15) is 5.56 Å². The van der Waals surface area contributed by atoms with Crippen LogP contribution in [0.3, 0.4) is 0 Å². The lowest BCUT2D eigenvalue weighted by atomic mass is 10.2. The van der Waals surface area contributed by atoms with E-state index in [1.165, 1.54) is 31.0 Å². The number of carbonyl (C=O) groups excluding carboxylic acids is 1. The van der Waals surface area contributed by atoms with Crippen LogP contribution in [0.2, 0.25) is 10.0 Å². The van der Waals surface area contributed by atoms with Crippen molar-refractivity contribution in [3.8, 4) is 5.75 Å². The molecule has 0 spiro atoms. The first-order chi connectivity index (χ1) is 15.0. The second kappa shape index (κ2) is 11.6. The summed E-state index contributed by atoms with van der Waals surface area (Å²) in [4.78, 5) is 22.8. The number of sulfonamides is 1. The number of hydrogen-bond donors (Lipinski definition) is 1. The lowest BCUT2D eigenvalue weighted by Crippen LogP contribution is -2.41. The normalized spacial score (nSPS) is 11.1. The zero-order valence-electron chi connectivity index (χ0n) is 17.2. The third-order valence-electron chi connectivity index (χ3n) is 4.21. The van der Waals surface area contributed by atoms with Crippen LogP contribution in [0.5, 0.6) is 5.75 Å². The fourth-order valence-corrected chi connectivity index (χ4v) is 5.11. The topological polar surface area (TPSA) is 119 Å². The number of nitrogens with one attached hydrogen (secondary N) is 1. The summed E-state index contributed by atoms with van der Waals surface area (Å²) in [6, 6.07) is 8.75. The van der Waals surface area contributed by atoms with Crippen LogP contribution in [0, 0.1) is 10.1 Å². The molecule has 0 saturated carbocycles. The van der Waals surface area contributed by atoms with Gasteiger partial charge in [-0.15, -0.1) is 0 Å². The molecule has 9 nitrogen and oxygen atoms in total. The van der Waals surface area contributed by atoms with Crippen molar-refractivity contribution >= 4 is 62.3 Å². The summed E-state index contributed by atoms with van der Waals surface area (Å²) in [6.07, 6.45) is 0.905. The number of hydrogen-bond acceptors (Lipinski definition) is 7. The van der Waals surface area contributed by atoms with E-state index in [9.17, 15) is 23.3 Å². The van der Waals surface area contributed by atoms with Crippen molar-refractivity contribution < 1.29 is 22.9 Å². The van der Waals surface area contributed by atoms with Crippen LogP contribution in [0.25, 0.3) is 0 Å². The zero-order chi connectivity index (χ0) is 23.9. The molecule has 0 aliphatic heterocycles. The first-order valence-corrected chi connectivity index (χ1v) is 12.9. The molecule has 13 heteroatoms. The molecule has 0 aliphatic rings. The second-order valence-corrected chi connectivity index (χ2v) is 10.3. The minimum absolute atomic E-state index is 0.0843. The molecule has 0 unspecified atom stereocenters. The van der Waals surface area contributed by atoms with Crippen molar-refractivity contribution in [2.45, 2.75) is 5.75 Å². The van der Waals surface area contributed by atoms with E-state index in [2.05, 4.69) is 5.32 Å². The Morgan fingerprint density at radius 1 is 1.25 bits per heavy atom. The standard InChI is InChI=1S/C19H21Cl2N3O6S2/c1-30-18-7-6-13(24(26)27)10-17(18)23(32(2,28)29)11-19(25)22-8-9-31-12-14-15(20)4-3-5-16(14)21/h3-7,10H,8-9,11-12H2,1-2H3,(H,22,25). The van der Waals surface area contributed by atoms with E-state index in [1.807, 2.05) is 0 Å². The highest BCUT2D eigenvalue weighted by Gasteiger charge is 2.26. The Morgan fingerprint density at radius 2 is 1.91 bits per heavy atom. The van der Waals surface area contributed by atoms with Gasteiger partial charge in [0, 0.05) is 40.2 Å². The van der Waals surface area contributed by atoms with Crippen molar-refractivity contribution in [2.24, 2.45) is 0 Å². The highest BCUT2D eigenvalue weighted by molar-refractivity contribution is 7.98. The van der Waals surface area contributed by atoms with Crippen LogP contribution in [0.4, 0.5) is 11.4 Å². The van der Waals surface area contributed by atoms with Gasteiger partial charge in [-0.2, -0.15) is 11.8 Å². The van der Waals surface area contributed by atoms with E-state index in [4.69, 9.17) is 27.9 Å². The van der Waals surface area contributed by atoms with Gasteiger partial charge in [-0.25, -0.2) is 8.42 Å². The number of thioether (sulfide) groups is 1. The third-order valence-corrected chi connectivity index (χ3v) is 7.03. The second-order valence-electron chi connectivity index (χ2n) is 6.49. The van der Waals surface area contributed by atoms with Gasteiger partial charge in [0.2, 0.25) is 15.9 Å². The summed E-state index contributed by atoms with van der Waals surface area (Å²) >= 11 is 13.7. The Labute approximate surface area is 200 Å². The van der Waals surface area contributed by atoms with Gasteiger partial charge in [0.05, 0.1) is 18.3 Å². The monoisotopic (exact) mass is 521 g/mol. The maximum Gasteiger partial charge on any atom is 0.271 e. The largest absolute Gasteiger partial charge is 0.495 e. The molecular formula is C19H21Cl2N3O6S2. The number of carbonyl (C=O) groups is 1. The van der Waals surface area contributed by atoms with E-state index in [-0.39, 0.29) is 23.7 Å². The number of benzene rings is 2. The maximum atomic E-state index is 12.4. The minimum atomic E-state index is -3.93. The Bertz CT molecular complexity index is 1080. The van der Waals surface area contributed by atoms with Gasteiger partial charge in [-0.3, -0.25) is 19.2 Å². The number of nitrogens with zero attached hydrogens (tertiary/aromatic N) is 2. The number of nitro benzene ring substituents is 1. The third kappa shape index (κ3) is 7.16. The average molecular weight is 522 g/mol. The van der Waals surface area contributed by atoms with Crippen molar-refractivity contribution in [1.29, 1.82) is 0 Å². The first kappa shape index (κ1) is 26.0. The average Bonchev–Trinajstić information content (AvgIpc) is 2.72. The molecule has 0 bridgehead atoms. The number of halogens is 2. The van der Waals surface area contributed by atoms with E-state index < -0.39 is 27.4 Å². The van der Waals surface area contributed by atoms with Crippen LogP contribution in [0.15, 0.2) is 36.4 Å². The summed E-state index contributed by atoms with van der Waals surface area (Å²) in [5, 5.41) is 14.9. The highest BCUT2D eigenvalue weighted by atomic mass is 35.5. The van der Waals surface area contributed by atoms with Crippen molar-refractivity contribution in [3.05, 3.63) is 62.1 Å². The summed E-state index contributed by atoms with van der Waals surface area (Å²) in [7, 11) is -2.63. The van der Waals surface area contributed by atoms with Gasteiger partial charge < -0.3 is 10.1 Å². The quantitative estimate of drug-likeness (QED) is 0.271.